The second kappa shape index (κ2) is 8.47. The molecule has 0 bridgehead atoms. The summed E-state index contributed by atoms with van der Waals surface area (Å²) in [5, 5.41) is 5.60. The van der Waals surface area contributed by atoms with Gasteiger partial charge in [0.05, 0.1) is 18.8 Å². The van der Waals surface area contributed by atoms with E-state index in [0.717, 1.165) is 17.7 Å². The SMILES string of the molecule is O=C(/C=C1\CC2(CCOCC2)Oc2cc(C(F)(F)F)ccc21)Nc1ccc2c(c1)NC(=O)CC2. The van der Waals surface area contributed by atoms with Crippen molar-refractivity contribution in [3.63, 3.8) is 0 Å². The number of ether oxygens (including phenoxy) is 2. The first-order chi connectivity index (χ1) is 16.2. The Morgan fingerprint density at radius 3 is 2.65 bits per heavy atom. The van der Waals surface area contributed by atoms with Gasteiger partial charge in [-0.15, -0.1) is 0 Å². The number of carbonyl (C=O) groups excluding carboxylic acids is 2. The van der Waals surface area contributed by atoms with E-state index < -0.39 is 23.2 Å². The van der Waals surface area contributed by atoms with E-state index in [9.17, 15) is 22.8 Å². The Balaban J connectivity index is 1.44. The Bertz CT molecular complexity index is 1180. The maximum Gasteiger partial charge on any atom is 0.416 e. The normalized spacial score (nSPS) is 20.2. The number of benzene rings is 2. The lowest BCUT2D eigenvalue weighted by molar-refractivity contribution is -0.138. The number of hydrogen-bond acceptors (Lipinski definition) is 4. The molecule has 3 aliphatic heterocycles. The summed E-state index contributed by atoms with van der Waals surface area (Å²) in [5.41, 5.74) is 1.75. The molecule has 2 aromatic rings. The number of halogens is 3. The maximum atomic E-state index is 13.3. The molecule has 34 heavy (non-hydrogen) atoms. The van der Waals surface area contributed by atoms with Crippen molar-refractivity contribution in [3.05, 3.63) is 59.2 Å². The molecule has 1 fully saturated rings. The number of aryl methyl sites for hydroxylation is 1. The van der Waals surface area contributed by atoms with Crippen molar-refractivity contribution >= 4 is 28.8 Å². The third kappa shape index (κ3) is 4.52. The van der Waals surface area contributed by atoms with E-state index in [2.05, 4.69) is 10.6 Å². The van der Waals surface area contributed by atoms with E-state index in [-0.39, 0.29) is 11.7 Å². The summed E-state index contributed by atoms with van der Waals surface area (Å²) >= 11 is 0. The average Bonchev–Trinajstić information content (AvgIpc) is 2.78. The van der Waals surface area contributed by atoms with Crippen LogP contribution in [0.3, 0.4) is 0 Å². The van der Waals surface area contributed by atoms with Crippen molar-refractivity contribution in [3.8, 4) is 5.75 Å². The number of amides is 2. The quantitative estimate of drug-likeness (QED) is 0.607. The Kier molecular flexibility index (Phi) is 5.59. The van der Waals surface area contributed by atoms with Crippen molar-refractivity contribution < 1.29 is 32.2 Å². The fourth-order valence-electron chi connectivity index (χ4n) is 4.70. The fourth-order valence-corrected chi connectivity index (χ4v) is 4.70. The topological polar surface area (TPSA) is 76.7 Å². The van der Waals surface area contributed by atoms with Crippen molar-refractivity contribution in [2.24, 2.45) is 0 Å². The first kappa shape index (κ1) is 22.5. The smallest absolute Gasteiger partial charge is 0.416 e. The van der Waals surface area contributed by atoms with Crippen molar-refractivity contribution in [2.75, 3.05) is 23.8 Å². The predicted molar refractivity (Wildman–Crippen MR) is 119 cm³/mol. The van der Waals surface area contributed by atoms with Crippen LogP contribution in [0.15, 0.2) is 42.5 Å². The molecule has 3 aliphatic rings. The highest BCUT2D eigenvalue weighted by Gasteiger charge is 2.41. The number of anilines is 2. The lowest BCUT2D eigenvalue weighted by Crippen LogP contribution is -2.44. The second-order valence-electron chi connectivity index (χ2n) is 8.86. The largest absolute Gasteiger partial charge is 0.486 e. The van der Waals surface area contributed by atoms with Crippen LogP contribution in [0.4, 0.5) is 24.5 Å². The van der Waals surface area contributed by atoms with Crippen LogP contribution in [0.25, 0.3) is 5.57 Å². The van der Waals surface area contributed by atoms with Crippen molar-refractivity contribution in [1.82, 2.24) is 0 Å². The minimum Gasteiger partial charge on any atom is -0.486 e. The highest BCUT2D eigenvalue weighted by molar-refractivity contribution is 6.05. The summed E-state index contributed by atoms with van der Waals surface area (Å²) in [6, 6.07) is 8.69. The Morgan fingerprint density at radius 1 is 1.09 bits per heavy atom. The fraction of sp³-hybridized carbons (Fsp3) is 0.360. The van der Waals surface area contributed by atoms with Gasteiger partial charge in [0.15, 0.2) is 0 Å². The Labute approximate surface area is 194 Å². The van der Waals surface area contributed by atoms with Gasteiger partial charge in [-0.2, -0.15) is 13.2 Å². The summed E-state index contributed by atoms with van der Waals surface area (Å²) in [4.78, 5) is 24.6. The second-order valence-corrected chi connectivity index (χ2v) is 8.86. The monoisotopic (exact) mass is 472 g/mol. The molecule has 1 saturated heterocycles. The summed E-state index contributed by atoms with van der Waals surface area (Å²) in [6.07, 6.45) is -0.580. The van der Waals surface area contributed by atoms with Crippen molar-refractivity contribution in [2.45, 2.75) is 43.9 Å². The molecule has 2 aromatic carbocycles. The predicted octanol–water partition coefficient (Wildman–Crippen LogP) is 4.94. The molecule has 0 saturated carbocycles. The van der Waals surface area contributed by atoms with E-state index in [0.29, 0.717) is 67.8 Å². The van der Waals surface area contributed by atoms with Crippen LogP contribution in [0.1, 0.15) is 42.4 Å². The molecule has 5 rings (SSSR count). The first-order valence-electron chi connectivity index (χ1n) is 11.1. The van der Waals surface area contributed by atoms with Gasteiger partial charge in [-0.1, -0.05) is 12.1 Å². The molecular weight excluding hydrogens is 449 g/mol. The lowest BCUT2D eigenvalue weighted by atomic mass is 9.81. The maximum absolute atomic E-state index is 13.3. The van der Waals surface area contributed by atoms with Gasteiger partial charge in [0.1, 0.15) is 11.4 Å². The van der Waals surface area contributed by atoms with Gasteiger partial charge < -0.3 is 20.1 Å². The molecule has 3 heterocycles. The van der Waals surface area contributed by atoms with Crippen LogP contribution < -0.4 is 15.4 Å². The summed E-state index contributed by atoms with van der Waals surface area (Å²) < 4.78 is 51.4. The van der Waals surface area contributed by atoms with Crippen molar-refractivity contribution in [1.29, 1.82) is 0 Å². The number of rotatable bonds is 2. The number of nitrogens with one attached hydrogen (secondary N) is 2. The number of fused-ring (bicyclic) bond motifs is 2. The average molecular weight is 472 g/mol. The van der Waals surface area contributed by atoms with E-state index in [4.69, 9.17) is 9.47 Å². The van der Waals surface area contributed by atoms with Crippen LogP contribution in [0.2, 0.25) is 0 Å². The third-order valence-corrected chi connectivity index (χ3v) is 6.48. The highest BCUT2D eigenvalue weighted by Crippen LogP contribution is 2.46. The Hall–Kier alpha value is -3.33. The molecule has 0 radical (unpaired) electrons. The van der Waals surface area contributed by atoms with Gasteiger partial charge in [-0.25, -0.2) is 0 Å². The van der Waals surface area contributed by atoms with Crippen LogP contribution in [0.5, 0.6) is 5.75 Å². The molecule has 2 N–H and O–H groups in total. The van der Waals surface area contributed by atoms with E-state index in [1.54, 1.807) is 12.1 Å². The number of carbonyl (C=O) groups is 2. The van der Waals surface area contributed by atoms with E-state index in [1.165, 1.54) is 12.1 Å². The number of alkyl halides is 3. The zero-order chi connectivity index (χ0) is 23.9. The summed E-state index contributed by atoms with van der Waals surface area (Å²) in [7, 11) is 0. The van der Waals surface area contributed by atoms with Gasteiger partial charge in [0.25, 0.3) is 0 Å². The highest BCUT2D eigenvalue weighted by atomic mass is 19.4. The standard InChI is InChI=1S/C25H23F3N2O4/c26-25(27,28)17-3-5-19-16(14-24(34-21(19)12-17)7-9-33-10-8-24)11-23(32)29-18-4-1-15-2-6-22(31)30-20(15)13-18/h1,3-5,11-13H,2,6-10,14H2,(H,29,32)(H,30,31)/b16-11+. The first-order valence-corrected chi connectivity index (χ1v) is 11.1. The van der Waals surface area contributed by atoms with Gasteiger partial charge >= 0.3 is 6.18 Å². The molecule has 1 spiro atoms. The Morgan fingerprint density at radius 2 is 1.88 bits per heavy atom. The molecule has 2 amide bonds. The minimum absolute atomic E-state index is 0.0723. The zero-order valence-corrected chi connectivity index (χ0v) is 18.3. The molecule has 0 aromatic heterocycles. The van der Waals surface area contributed by atoms with Gasteiger partial charge in [-0.3, -0.25) is 9.59 Å². The van der Waals surface area contributed by atoms with Crippen LogP contribution in [0, 0.1) is 0 Å². The zero-order valence-electron chi connectivity index (χ0n) is 18.3. The molecule has 6 nitrogen and oxygen atoms in total. The molecule has 0 aliphatic carbocycles. The van der Waals surface area contributed by atoms with E-state index in [1.807, 2.05) is 6.07 Å². The molecular formula is C25H23F3N2O4. The van der Waals surface area contributed by atoms with Crippen LogP contribution in [-0.2, 0) is 26.9 Å². The molecule has 0 atom stereocenters. The molecule has 0 unspecified atom stereocenters. The van der Waals surface area contributed by atoms with Gasteiger partial charge in [-0.05, 0) is 41.8 Å². The van der Waals surface area contributed by atoms with Crippen LogP contribution in [-0.4, -0.2) is 30.6 Å². The third-order valence-electron chi connectivity index (χ3n) is 6.48. The molecule has 178 valence electrons. The summed E-state index contributed by atoms with van der Waals surface area (Å²) in [6.45, 7) is 0.878. The number of hydrogen-bond donors (Lipinski definition) is 2. The van der Waals surface area contributed by atoms with E-state index >= 15 is 0 Å². The van der Waals surface area contributed by atoms with Gasteiger partial charge in [0.2, 0.25) is 11.8 Å². The lowest BCUT2D eigenvalue weighted by Gasteiger charge is -2.42. The molecule has 9 heteroatoms. The minimum atomic E-state index is -4.50. The van der Waals surface area contributed by atoms with Gasteiger partial charge in [0, 0.05) is 48.7 Å². The van der Waals surface area contributed by atoms with Crippen LogP contribution >= 0.6 is 0 Å². The summed E-state index contributed by atoms with van der Waals surface area (Å²) in [5.74, 6) is -0.359.